The lowest BCUT2D eigenvalue weighted by molar-refractivity contribution is -0.396. The number of ether oxygens (including phenoxy) is 17. The summed E-state index contributed by atoms with van der Waals surface area (Å²) in [7, 11) is 0. The highest BCUT2D eigenvalue weighted by atomic mass is 16.8. The van der Waals surface area contributed by atoms with Gasteiger partial charge in [-0.15, -0.1) is 0 Å². The summed E-state index contributed by atoms with van der Waals surface area (Å²) >= 11 is 0. The fraction of sp³-hybridized carbons (Fsp3) is 1.00. The molecule has 576 valence electrons. The van der Waals surface area contributed by atoms with Crippen molar-refractivity contribution in [2.45, 2.75) is 276 Å². The van der Waals surface area contributed by atoms with Gasteiger partial charge in [-0.05, 0) is 0 Å². The van der Waals surface area contributed by atoms with Crippen LogP contribution in [0.5, 0.6) is 0 Å². The highest BCUT2D eigenvalue weighted by molar-refractivity contribution is 5.03. The van der Waals surface area contributed by atoms with Crippen LogP contribution in [0.3, 0.4) is 0 Å². The number of hydrogen-bond acceptors (Lipinski definition) is 45. The predicted octanol–water partition coefficient (Wildman–Crippen LogP) is -20.0. The van der Waals surface area contributed by atoms with Crippen LogP contribution < -0.4 is 5.32 Å². The van der Waals surface area contributed by atoms with Crippen molar-refractivity contribution in [2.24, 2.45) is 0 Å². The molecule has 45 heteroatoms. The normalized spacial score (nSPS) is 55.1. The van der Waals surface area contributed by atoms with Gasteiger partial charge in [-0.25, -0.2) is 0 Å². The van der Waals surface area contributed by atoms with Gasteiger partial charge >= 0.3 is 0 Å². The van der Waals surface area contributed by atoms with Crippen LogP contribution in [-0.4, -0.2) is 474 Å². The Morgan fingerprint density at radius 3 is 0.707 bits per heavy atom. The molecule has 23 aliphatic rings. The van der Waals surface area contributed by atoms with Crippen molar-refractivity contribution >= 4 is 0 Å². The first-order valence-electron chi connectivity index (χ1n) is 31.8. The summed E-state index contributed by atoms with van der Waals surface area (Å²) in [5.74, 6) is 0. The lowest BCUT2D eigenvalue weighted by Crippen LogP contribution is -2.68. The van der Waals surface area contributed by atoms with Crippen LogP contribution >= 0.6 is 0 Å². The molecule has 0 amide bonds. The Balaban J connectivity index is 0.932. The van der Waals surface area contributed by atoms with E-state index in [9.17, 15) is 138 Å². The molecule has 23 fully saturated rings. The van der Waals surface area contributed by atoms with E-state index in [4.69, 9.17) is 80.5 Å². The molecule has 28 N–H and O–H groups in total. The third kappa shape index (κ3) is 16.1. The zero-order chi connectivity index (χ0) is 72.1. The predicted molar refractivity (Wildman–Crippen MR) is 296 cm³/mol. The molecule has 45 atom stereocenters. The molecular formula is C54H91NO44. The number of hydrogen-bond donors (Lipinski definition) is 28. The van der Waals surface area contributed by atoms with Crippen molar-refractivity contribution in [1.82, 2.24) is 5.32 Å². The first-order valence-corrected chi connectivity index (χ1v) is 31.8. The fourth-order valence-corrected chi connectivity index (χ4v) is 13.4. The zero-order valence-electron chi connectivity index (χ0n) is 51.9. The van der Waals surface area contributed by atoms with Gasteiger partial charge in [0.05, 0.1) is 46.2 Å². The van der Waals surface area contributed by atoms with Gasteiger partial charge in [-0.3, -0.25) is 0 Å². The average molecular weight is 1460 g/mol. The Labute approximate surface area is 558 Å². The van der Waals surface area contributed by atoms with Crippen molar-refractivity contribution in [3.8, 4) is 0 Å². The number of nitrogens with one attached hydrogen (secondary N) is 1. The van der Waals surface area contributed by atoms with E-state index in [0.717, 1.165) is 0 Å². The Bertz CT molecular complexity index is 2460. The van der Waals surface area contributed by atoms with Gasteiger partial charge in [-0.2, -0.15) is 0 Å². The summed E-state index contributed by atoms with van der Waals surface area (Å²) in [5, 5.41) is 302. The molecule has 1 unspecified atom stereocenters. The minimum Gasteiger partial charge on any atom is -0.394 e. The lowest BCUT2D eigenvalue weighted by atomic mass is 9.95. The second-order valence-electron chi connectivity index (χ2n) is 25.5. The first-order chi connectivity index (χ1) is 47.1. The molecule has 0 saturated carbocycles. The van der Waals surface area contributed by atoms with Gasteiger partial charge in [0, 0.05) is 13.1 Å². The van der Waals surface area contributed by atoms with Gasteiger partial charge in [0.1, 0.15) is 220 Å². The summed E-state index contributed by atoms with van der Waals surface area (Å²) in [5.41, 5.74) is 0. The highest BCUT2D eigenvalue weighted by Gasteiger charge is 2.61. The van der Waals surface area contributed by atoms with Crippen LogP contribution in [0, 0.1) is 0 Å². The van der Waals surface area contributed by atoms with Crippen LogP contribution in [0.4, 0.5) is 0 Å². The maximum absolute atomic E-state index is 12.0. The Hall–Kier alpha value is -1.80. The summed E-state index contributed by atoms with van der Waals surface area (Å²) in [6, 6.07) is 0. The van der Waals surface area contributed by atoms with Crippen LogP contribution in [-0.2, 0) is 80.5 Å². The molecule has 0 aromatic heterocycles. The second kappa shape index (κ2) is 34.0. The minimum absolute atomic E-state index is 0.637. The van der Waals surface area contributed by atoms with E-state index in [0.29, 0.717) is 0 Å². The van der Waals surface area contributed by atoms with Crippen LogP contribution in [0.1, 0.15) is 0 Å². The van der Waals surface area contributed by atoms with Crippen molar-refractivity contribution in [3.05, 3.63) is 0 Å². The maximum Gasteiger partial charge on any atom is 0.187 e. The second-order valence-corrected chi connectivity index (χ2v) is 25.5. The van der Waals surface area contributed by atoms with E-state index in [2.05, 4.69) is 5.32 Å². The largest absolute Gasteiger partial charge is 0.394 e. The monoisotopic (exact) mass is 1460 g/mol. The molecule has 23 saturated heterocycles. The summed E-state index contributed by atoms with van der Waals surface area (Å²) in [6.45, 7) is -8.99. The standard InChI is InChI=1S/C54H91NO44/c56-3-12-39(21(65)29(73)46(82)83-12)93-47-30(74)20(64)19(63)10(84-47)1-55-2-11-38-22(66)31(75)48(85-11)94-40-13(4-57)87-50(33(77)24(40)68)96-42-15(6-59)89-52(35(79)26(42)70)98-44-17(8-61)91-54(37(81)28(44)72)99-45-18(9-62)90-53(36(80)27(45)71)97-43-16(7-60)88-51(34(78)25(43)69)95-41-14(5-58)86-49(92-38)32(76)23(41)67/h10-82H,1-9H2/t10-,11+,12-,13-,14+,15-,16+,17-,18+,19+,20+,21-,22-,23-,24-,25-,26+,27-,28-,29-,30-,31-,32-,33+,34-,35+,36-,37-,38-,39-,40-,41-,42-,43-,44-,45-,46?,47+,48-,49-,50-,51-,52-,53-,54-/m1/s1. The molecular weight excluding hydrogens is 1370 g/mol. The van der Waals surface area contributed by atoms with Gasteiger partial charge < -0.3 is 224 Å². The average Bonchev–Trinajstić information content (AvgIpc) is 0.791. The van der Waals surface area contributed by atoms with E-state index >= 15 is 0 Å². The molecule has 45 nitrogen and oxygen atoms in total. The molecule has 14 bridgehead atoms. The van der Waals surface area contributed by atoms with Crippen LogP contribution in [0.25, 0.3) is 0 Å². The van der Waals surface area contributed by atoms with Gasteiger partial charge in [-0.1, -0.05) is 0 Å². The molecule has 0 radical (unpaired) electrons. The van der Waals surface area contributed by atoms with Crippen molar-refractivity contribution in [1.29, 1.82) is 0 Å². The lowest BCUT2D eigenvalue weighted by Gasteiger charge is -2.50. The highest BCUT2D eigenvalue weighted by Crippen LogP contribution is 2.40. The van der Waals surface area contributed by atoms with Gasteiger partial charge in [0.15, 0.2) is 56.6 Å². The van der Waals surface area contributed by atoms with E-state index in [1.165, 1.54) is 0 Å². The molecule has 99 heavy (non-hydrogen) atoms. The first kappa shape index (κ1) is 79.8. The van der Waals surface area contributed by atoms with Crippen LogP contribution in [0.2, 0.25) is 0 Å². The number of rotatable bonds is 13. The molecule has 0 aromatic rings. The Morgan fingerprint density at radius 2 is 0.444 bits per heavy atom. The fourth-order valence-electron chi connectivity index (χ4n) is 13.4. The van der Waals surface area contributed by atoms with Crippen LogP contribution in [0.15, 0.2) is 0 Å². The topological polar surface area (TPSA) is 715 Å². The molecule has 23 heterocycles. The maximum atomic E-state index is 12.0. The summed E-state index contributed by atoms with van der Waals surface area (Å²) in [4.78, 5) is 0. The van der Waals surface area contributed by atoms with Gasteiger partial charge in [0.25, 0.3) is 0 Å². The molecule has 23 aliphatic heterocycles. The quantitative estimate of drug-likeness (QED) is 0.0814. The molecule has 0 aliphatic carbocycles. The molecule has 0 spiro atoms. The molecule has 0 aromatic carbocycles. The van der Waals surface area contributed by atoms with Crippen molar-refractivity contribution < 1.29 is 218 Å². The molecule has 23 rings (SSSR count). The number of aliphatic hydroxyl groups is 27. The SMILES string of the molecule is OC[C@@H]1O[C@@H]2O[C@H]3[C@H](O)[C@@H](O)[C@@H](O[C@H]4[C@H](O)[C@H](O)[C@@H](O[C@H]5[C@@H](O)[C@H](O)[C@@H](O[C@H]6[C@H](O)[C@@H](O)[C@@H](O[C@H]7[C@H](O)[C@@H](O)[C@@H](O[C@H]8[C@H](O)[C@@H](O)[C@@H](O[C@H]1[C@H](O)[C@H]2O)O[C@H]8CO)O[C@H]7CO)O[C@@H]6CO)O[C@@H]5CO)O[C@@H]4CO)O[C@H]3CNC[C@H]1O[C@@H](O[C@H]2[C@H](O)[C@@H](O)C(O)O[C@@H]2CO)[C@H](O)[C@@H](O)[C@H]1O. The Morgan fingerprint density at radius 1 is 0.202 bits per heavy atom. The number of aliphatic hydroxyl groups excluding tert-OH is 27. The van der Waals surface area contributed by atoms with E-state index in [1.807, 2.05) is 0 Å². The van der Waals surface area contributed by atoms with E-state index < -0.39 is 336 Å². The Kier molecular flexibility index (Phi) is 27.4. The van der Waals surface area contributed by atoms with E-state index in [1.54, 1.807) is 0 Å². The smallest absolute Gasteiger partial charge is 0.187 e. The minimum atomic E-state index is -2.37. The van der Waals surface area contributed by atoms with Gasteiger partial charge in [0.2, 0.25) is 0 Å². The van der Waals surface area contributed by atoms with Crippen molar-refractivity contribution in [2.75, 3.05) is 59.3 Å². The van der Waals surface area contributed by atoms with E-state index in [-0.39, 0.29) is 0 Å². The third-order valence-electron chi connectivity index (χ3n) is 19.1. The van der Waals surface area contributed by atoms with Crippen molar-refractivity contribution in [3.63, 3.8) is 0 Å². The summed E-state index contributed by atoms with van der Waals surface area (Å²) < 4.78 is 97.6. The third-order valence-corrected chi connectivity index (χ3v) is 19.1. The zero-order valence-corrected chi connectivity index (χ0v) is 51.9. The summed E-state index contributed by atoms with van der Waals surface area (Å²) in [6.07, 6.45) is -92.9.